The highest BCUT2D eigenvalue weighted by atomic mass is 127. The van der Waals surface area contributed by atoms with Crippen molar-refractivity contribution in [2.75, 3.05) is 0 Å². The second-order valence-electron chi connectivity index (χ2n) is 10.3. The van der Waals surface area contributed by atoms with Gasteiger partial charge in [-0.25, -0.2) is 9.38 Å². The van der Waals surface area contributed by atoms with Gasteiger partial charge in [0, 0.05) is 5.56 Å². The van der Waals surface area contributed by atoms with Crippen LogP contribution in [0.25, 0.3) is 11.8 Å². The number of aryl methyl sites for hydroxylation is 1. The van der Waals surface area contributed by atoms with Crippen molar-refractivity contribution >= 4 is 68.3 Å². The van der Waals surface area contributed by atoms with E-state index in [0.29, 0.717) is 15.9 Å². The number of benzene rings is 4. The van der Waals surface area contributed by atoms with Gasteiger partial charge in [-0.1, -0.05) is 78.1 Å². The summed E-state index contributed by atoms with van der Waals surface area (Å²) in [5.74, 6) is 0.538. The van der Waals surface area contributed by atoms with Gasteiger partial charge < -0.3 is 4.74 Å². The van der Waals surface area contributed by atoms with Crippen LogP contribution in [0.1, 0.15) is 40.3 Å². The molecule has 1 aliphatic carbocycles. The molecule has 7 rings (SSSR count). The van der Waals surface area contributed by atoms with Gasteiger partial charge in [0.15, 0.2) is 4.80 Å². The maximum Gasteiger partial charge on any atom is 0.271 e. The first-order chi connectivity index (χ1) is 20.5. The summed E-state index contributed by atoms with van der Waals surface area (Å²) in [5, 5.41) is 0. The quantitative estimate of drug-likeness (QED) is 0.176. The van der Waals surface area contributed by atoms with Crippen molar-refractivity contribution in [1.82, 2.24) is 4.57 Å². The van der Waals surface area contributed by atoms with Gasteiger partial charge in [-0.3, -0.25) is 9.36 Å². The van der Waals surface area contributed by atoms with Gasteiger partial charge in [-0.15, -0.1) is 0 Å². The average Bonchev–Trinajstić information content (AvgIpc) is 3.30. The Morgan fingerprint density at radius 1 is 0.952 bits per heavy atom. The minimum absolute atomic E-state index is 0.0899. The number of fused-ring (bicyclic) bond motifs is 3. The maximum absolute atomic E-state index is 14.0. The largest absolute Gasteiger partial charge is 0.487 e. The molecule has 0 saturated carbocycles. The summed E-state index contributed by atoms with van der Waals surface area (Å²) >= 11 is 5.98. The van der Waals surface area contributed by atoms with E-state index in [1.807, 2.05) is 54.6 Å². The third-order valence-corrected chi connectivity index (χ3v) is 10.2. The lowest BCUT2D eigenvalue weighted by atomic mass is 9.83. The lowest BCUT2D eigenvalue weighted by Crippen LogP contribution is -2.38. The van der Waals surface area contributed by atoms with E-state index in [0.717, 1.165) is 59.3 Å². The number of thiazole rings is 1. The molecule has 4 aromatic carbocycles. The van der Waals surface area contributed by atoms with Crippen LogP contribution in [-0.2, 0) is 13.0 Å². The van der Waals surface area contributed by atoms with Crippen LogP contribution in [0.4, 0.5) is 4.39 Å². The highest BCUT2D eigenvalue weighted by Gasteiger charge is 2.32. The molecule has 42 heavy (non-hydrogen) atoms. The van der Waals surface area contributed by atoms with E-state index in [1.165, 1.54) is 29.0 Å². The number of hydrogen-bond acceptors (Lipinski definition) is 4. The highest BCUT2D eigenvalue weighted by molar-refractivity contribution is 14.1. The Kier molecular flexibility index (Phi) is 7.62. The van der Waals surface area contributed by atoms with Crippen LogP contribution in [0.3, 0.4) is 0 Å². The Labute approximate surface area is 273 Å². The van der Waals surface area contributed by atoms with Crippen molar-refractivity contribution in [3.63, 3.8) is 0 Å². The first-order valence-corrected chi connectivity index (χ1v) is 16.5. The van der Waals surface area contributed by atoms with Crippen molar-refractivity contribution in [3.05, 3.63) is 157 Å². The zero-order valence-corrected chi connectivity index (χ0v) is 27.3. The summed E-state index contributed by atoms with van der Waals surface area (Å²) in [6, 6.07) is 28.7. The first-order valence-electron chi connectivity index (χ1n) is 13.5. The minimum Gasteiger partial charge on any atom is -0.487 e. The molecule has 0 spiro atoms. The van der Waals surface area contributed by atoms with Crippen LogP contribution in [0.5, 0.6) is 5.75 Å². The van der Waals surface area contributed by atoms with Crippen molar-refractivity contribution in [2.24, 2.45) is 4.99 Å². The topological polar surface area (TPSA) is 43.6 Å². The molecule has 4 nitrogen and oxygen atoms in total. The molecular formula is C34H23FI2N2O2S. The first kappa shape index (κ1) is 27.7. The van der Waals surface area contributed by atoms with Gasteiger partial charge in [0.05, 0.1) is 23.4 Å². The van der Waals surface area contributed by atoms with Gasteiger partial charge in [0.1, 0.15) is 18.2 Å². The van der Waals surface area contributed by atoms with Gasteiger partial charge >= 0.3 is 0 Å². The number of nitrogens with zero attached hydrogens (tertiary/aromatic N) is 2. The second-order valence-corrected chi connectivity index (χ2v) is 13.6. The molecular weight excluding hydrogens is 773 g/mol. The number of halogens is 3. The molecule has 0 N–H and O–H groups in total. The van der Waals surface area contributed by atoms with Crippen molar-refractivity contribution < 1.29 is 9.13 Å². The molecule has 1 aromatic heterocycles. The number of ether oxygens (including phenoxy) is 1. The Balaban J connectivity index is 1.33. The fourth-order valence-corrected chi connectivity index (χ4v) is 8.78. The van der Waals surface area contributed by atoms with E-state index in [9.17, 15) is 9.18 Å². The Morgan fingerprint density at radius 3 is 2.43 bits per heavy atom. The number of rotatable bonds is 5. The summed E-state index contributed by atoms with van der Waals surface area (Å²) in [7, 11) is 0. The summed E-state index contributed by atoms with van der Waals surface area (Å²) < 4.78 is 24.4. The molecule has 0 amide bonds. The molecule has 5 aromatic rings. The normalized spacial score (nSPS) is 16.0. The van der Waals surface area contributed by atoms with Crippen molar-refractivity contribution in [2.45, 2.75) is 25.5 Å². The third-order valence-electron chi connectivity index (χ3n) is 7.60. The van der Waals surface area contributed by atoms with Crippen LogP contribution in [0, 0.1) is 13.0 Å². The zero-order valence-electron chi connectivity index (χ0n) is 22.2. The predicted molar refractivity (Wildman–Crippen MR) is 182 cm³/mol. The highest BCUT2D eigenvalue weighted by Crippen LogP contribution is 2.41. The fourth-order valence-electron chi connectivity index (χ4n) is 5.65. The van der Waals surface area contributed by atoms with Crippen LogP contribution in [0.15, 0.2) is 106 Å². The summed E-state index contributed by atoms with van der Waals surface area (Å²) in [5.41, 5.74) is 7.23. The molecule has 0 radical (unpaired) electrons. The standard InChI is InChI=1S/C34H23FI2N2O2S/c35-24-13-10-23(11-14-24)31-26-15-12-22-8-4-5-9-25(22)30(26)38-34-39(31)33(40)29(42-34)18-21-16-27(36)32(28(37)17-21)41-19-20-6-2-1-3-7-20/h1-11,13-14,16-18,31H,12,15,19H2/b29-18+/t31-/m0/s1. The lowest BCUT2D eigenvalue weighted by Gasteiger charge is -2.30. The van der Waals surface area contributed by atoms with Gasteiger partial charge in [-0.2, -0.15) is 0 Å². The smallest absolute Gasteiger partial charge is 0.271 e. The molecule has 0 fully saturated rings. The maximum atomic E-state index is 14.0. The van der Waals surface area contributed by atoms with Crippen molar-refractivity contribution in [1.29, 1.82) is 0 Å². The Morgan fingerprint density at radius 2 is 1.67 bits per heavy atom. The summed E-state index contributed by atoms with van der Waals surface area (Å²) in [6.07, 6.45) is 3.61. The van der Waals surface area contributed by atoms with E-state index in [4.69, 9.17) is 9.73 Å². The van der Waals surface area contributed by atoms with E-state index in [1.54, 1.807) is 16.7 Å². The van der Waals surface area contributed by atoms with Crippen LogP contribution >= 0.6 is 56.5 Å². The van der Waals surface area contributed by atoms with Gasteiger partial charge in [-0.05, 0) is 116 Å². The lowest BCUT2D eigenvalue weighted by molar-refractivity contribution is 0.301. The van der Waals surface area contributed by atoms with E-state index in [2.05, 4.69) is 63.4 Å². The van der Waals surface area contributed by atoms with Crippen LogP contribution in [-0.4, -0.2) is 4.57 Å². The van der Waals surface area contributed by atoms with E-state index >= 15 is 0 Å². The molecule has 0 unspecified atom stereocenters. The fraction of sp³-hybridized carbons (Fsp3) is 0.118. The number of aromatic nitrogens is 1. The molecule has 0 bridgehead atoms. The third kappa shape index (κ3) is 5.17. The van der Waals surface area contributed by atoms with Crippen LogP contribution in [0.2, 0.25) is 0 Å². The molecule has 8 heteroatoms. The molecule has 1 aliphatic heterocycles. The number of allylic oxidation sites excluding steroid dienone is 1. The SMILES string of the molecule is O=c1/c(=C\c2cc(I)c(OCc3ccccc3)c(I)c2)sc2n1[C@@H](c1ccc(F)cc1)C1=C(N=2)c2ccccc2CC1. The Hall–Kier alpha value is -3.09. The van der Waals surface area contributed by atoms with Crippen molar-refractivity contribution in [3.8, 4) is 5.75 Å². The number of hydrogen-bond donors (Lipinski definition) is 0. The molecule has 2 heterocycles. The van der Waals surface area contributed by atoms with E-state index in [-0.39, 0.29) is 17.4 Å². The monoisotopic (exact) mass is 796 g/mol. The predicted octanol–water partition coefficient (Wildman–Crippen LogP) is 7.25. The second kappa shape index (κ2) is 11.5. The summed E-state index contributed by atoms with van der Waals surface area (Å²) in [6.45, 7) is 0.488. The molecule has 2 aliphatic rings. The van der Waals surface area contributed by atoms with E-state index < -0.39 is 0 Å². The average molecular weight is 796 g/mol. The van der Waals surface area contributed by atoms with Gasteiger partial charge in [0.2, 0.25) is 0 Å². The summed E-state index contributed by atoms with van der Waals surface area (Å²) in [4.78, 5) is 19.8. The molecule has 0 saturated heterocycles. The van der Waals surface area contributed by atoms with Crippen LogP contribution < -0.4 is 19.6 Å². The van der Waals surface area contributed by atoms with Gasteiger partial charge in [0.25, 0.3) is 5.56 Å². The Bertz CT molecular complexity index is 2030. The molecule has 208 valence electrons. The minimum atomic E-state index is -0.332. The zero-order chi connectivity index (χ0) is 28.8. The molecule has 1 atom stereocenters.